The minimum Gasteiger partial charge on any atom is -0.240 e. The quantitative estimate of drug-likeness (QED) is 0.712. The summed E-state index contributed by atoms with van der Waals surface area (Å²) in [5.74, 6) is 1.20. The Morgan fingerprint density at radius 2 is 1.86 bits per heavy atom. The van der Waals surface area contributed by atoms with Crippen molar-refractivity contribution in [3.8, 4) is 0 Å². The van der Waals surface area contributed by atoms with Gasteiger partial charge in [-0.1, -0.05) is 46.2 Å². The number of nitrogens with zero attached hydrogens (tertiary/aromatic N) is 2. The summed E-state index contributed by atoms with van der Waals surface area (Å²) in [7, 11) is 0. The summed E-state index contributed by atoms with van der Waals surface area (Å²) in [6, 6.07) is 0. The fraction of sp³-hybridized carbons (Fsp3) is 0.636. The van der Waals surface area contributed by atoms with Crippen LogP contribution in [0.2, 0.25) is 5.02 Å². The largest absolute Gasteiger partial charge is 0.240 e. The van der Waals surface area contributed by atoms with Crippen LogP contribution in [0.5, 0.6) is 0 Å². The van der Waals surface area contributed by atoms with Crippen LogP contribution < -0.4 is 0 Å². The first kappa shape index (κ1) is 11.4. The highest BCUT2D eigenvalue weighted by Gasteiger charge is 2.20. The smallest absolute Gasteiger partial charge is 0.131 e. The number of halogens is 1. The van der Waals surface area contributed by atoms with Gasteiger partial charge >= 0.3 is 0 Å². The molecule has 1 aromatic heterocycles. The van der Waals surface area contributed by atoms with E-state index in [1.807, 2.05) is 0 Å². The monoisotopic (exact) mass is 212 g/mol. The summed E-state index contributed by atoms with van der Waals surface area (Å²) in [5.41, 5.74) is 0.904. The molecule has 0 aliphatic rings. The minimum atomic E-state index is -0.0241. The van der Waals surface area contributed by atoms with E-state index in [4.69, 9.17) is 11.6 Å². The number of rotatable bonds is 1. The summed E-state index contributed by atoms with van der Waals surface area (Å²) in [4.78, 5) is 8.71. The molecular weight excluding hydrogens is 196 g/mol. The lowest BCUT2D eigenvalue weighted by molar-refractivity contribution is 0.558. The van der Waals surface area contributed by atoms with Crippen LogP contribution in [0.3, 0.4) is 0 Å². The fourth-order valence-electron chi connectivity index (χ4n) is 1.18. The SMILES string of the molecule is CC(C)c1ncc(Cl)c(C(C)(C)C)n1. The second kappa shape index (κ2) is 3.85. The molecule has 1 rings (SSSR count). The van der Waals surface area contributed by atoms with Crippen molar-refractivity contribution in [3.63, 3.8) is 0 Å². The van der Waals surface area contributed by atoms with Gasteiger partial charge in [0.1, 0.15) is 5.82 Å². The Hall–Kier alpha value is -0.630. The molecule has 0 amide bonds. The molecule has 0 atom stereocenters. The summed E-state index contributed by atoms with van der Waals surface area (Å²) >= 11 is 6.06. The van der Waals surface area contributed by atoms with Crippen molar-refractivity contribution in [2.45, 2.75) is 46.0 Å². The molecule has 2 nitrogen and oxygen atoms in total. The standard InChI is InChI=1S/C11H17ClN2/c1-7(2)10-13-6-8(12)9(14-10)11(3,4)5/h6-7H,1-5H3. The fourth-order valence-corrected chi connectivity index (χ4v) is 1.56. The van der Waals surface area contributed by atoms with Crippen LogP contribution in [-0.4, -0.2) is 9.97 Å². The van der Waals surface area contributed by atoms with E-state index in [0.29, 0.717) is 10.9 Å². The highest BCUT2D eigenvalue weighted by molar-refractivity contribution is 6.31. The number of aromatic nitrogens is 2. The van der Waals surface area contributed by atoms with Gasteiger partial charge in [-0.05, 0) is 0 Å². The zero-order chi connectivity index (χ0) is 10.9. The van der Waals surface area contributed by atoms with E-state index < -0.39 is 0 Å². The zero-order valence-corrected chi connectivity index (χ0v) is 10.2. The summed E-state index contributed by atoms with van der Waals surface area (Å²) in [6.45, 7) is 10.5. The number of hydrogen-bond acceptors (Lipinski definition) is 2. The van der Waals surface area contributed by atoms with Gasteiger partial charge in [-0.25, -0.2) is 9.97 Å². The molecule has 0 saturated heterocycles. The van der Waals surface area contributed by atoms with Crippen molar-refractivity contribution < 1.29 is 0 Å². The first-order valence-electron chi connectivity index (χ1n) is 4.85. The normalized spacial score (nSPS) is 12.2. The molecule has 3 heteroatoms. The molecule has 78 valence electrons. The van der Waals surface area contributed by atoms with Crippen LogP contribution in [0.25, 0.3) is 0 Å². The van der Waals surface area contributed by atoms with Crippen molar-refractivity contribution in [1.82, 2.24) is 9.97 Å². The van der Waals surface area contributed by atoms with Crippen molar-refractivity contribution >= 4 is 11.6 Å². The molecule has 0 unspecified atom stereocenters. The van der Waals surface area contributed by atoms with Crippen molar-refractivity contribution in [1.29, 1.82) is 0 Å². The van der Waals surface area contributed by atoms with E-state index in [1.54, 1.807) is 6.20 Å². The van der Waals surface area contributed by atoms with E-state index in [1.165, 1.54) is 0 Å². The Bertz CT molecular complexity index is 327. The van der Waals surface area contributed by atoms with E-state index in [-0.39, 0.29) is 5.41 Å². The molecule has 14 heavy (non-hydrogen) atoms. The van der Waals surface area contributed by atoms with E-state index in [2.05, 4.69) is 44.6 Å². The van der Waals surface area contributed by atoms with Gasteiger partial charge < -0.3 is 0 Å². The lowest BCUT2D eigenvalue weighted by Gasteiger charge is -2.20. The maximum atomic E-state index is 6.06. The topological polar surface area (TPSA) is 25.8 Å². The van der Waals surface area contributed by atoms with E-state index >= 15 is 0 Å². The van der Waals surface area contributed by atoms with Gasteiger partial charge in [0, 0.05) is 17.5 Å². The first-order valence-corrected chi connectivity index (χ1v) is 5.23. The van der Waals surface area contributed by atoms with Gasteiger partial charge in [-0.2, -0.15) is 0 Å². The molecule has 1 aromatic rings. The van der Waals surface area contributed by atoms with Crippen LogP contribution in [0.4, 0.5) is 0 Å². The number of hydrogen-bond donors (Lipinski definition) is 0. The van der Waals surface area contributed by atoms with Crippen LogP contribution in [0.15, 0.2) is 6.20 Å². The average molecular weight is 213 g/mol. The first-order chi connectivity index (χ1) is 6.32. The van der Waals surface area contributed by atoms with Crippen LogP contribution >= 0.6 is 11.6 Å². The summed E-state index contributed by atoms with van der Waals surface area (Å²) < 4.78 is 0. The third kappa shape index (κ3) is 2.44. The predicted octanol–water partition coefficient (Wildman–Crippen LogP) is 3.55. The van der Waals surface area contributed by atoms with Gasteiger partial charge in [0.2, 0.25) is 0 Å². The molecule has 0 spiro atoms. The molecule has 0 aliphatic carbocycles. The molecule has 0 aromatic carbocycles. The van der Waals surface area contributed by atoms with Crippen molar-refractivity contribution in [2.75, 3.05) is 0 Å². The average Bonchev–Trinajstić information content (AvgIpc) is 2.02. The van der Waals surface area contributed by atoms with Crippen molar-refractivity contribution in [2.24, 2.45) is 0 Å². The molecule has 0 fully saturated rings. The van der Waals surface area contributed by atoms with Crippen molar-refractivity contribution in [3.05, 3.63) is 22.7 Å². The Kier molecular flexibility index (Phi) is 3.15. The Labute approximate surface area is 90.7 Å². The Balaban J connectivity index is 3.22. The van der Waals surface area contributed by atoms with E-state index in [9.17, 15) is 0 Å². The summed E-state index contributed by atoms with van der Waals surface area (Å²) in [6.07, 6.45) is 1.70. The molecule has 0 saturated carbocycles. The predicted molar refractivity (Wildman–Crippen MR) is 59.8 cm³/mol. The highest BCUT2D eigenvalue weighted by atomic mass is 35.5. The third-order valence-corrected chi connectivity index (χ3v) is 2.27. The van der Waals surface area contributed by atoms with Gasteiger partial charge in [0.15, 0.2) is 0 Å². The Morgan fingerprint density at radius 1 is 1.29 bits per heavy atom. The van der Waals surface area contributed by atoms with Crippen LogP contribution in [0.1, 0.15) is 52.1 Å². The van der Waals surface area contributed by atoms with Gasteiger partial charge in [-0.3, -0.25) is 0 Å². The van der Waals surface area contributed by atoms with Crippen LogP contribution in [0, 0.1) is 0 Å². The van der Waals surface area contributed by atoms with Crippen LogP contribution in [-0.2, 0) is 5.41 Å². The van der Waals surface area contributed by atoms with Gasteiger partial charge in [0.05, 0.1) is 10.7 Å². The molecule has 0 aliphatic heterocycles. The summed E-state index contributed by atoms with van der Waals surface area (Å²) in [5, 5.41) is 0.655. The molecule has 0 bridgehead atoms. The molecular formula is C11H17ClN2. The Morgan fingerprint density at radius 3 is 2.29 bits per heavy atom. The van der Waals surface area contributed by atoms with Gasteiger partial charge in [0.25, 0.3) is 0 Å². The molecule has 1 heterocycles. The molecule has 0 N–H and O–H groups in total. The molecule has 0 radical (unpaired) electrons. The third-order valence-electron chi connectivity index (χ3n) is 1.99. The maximum Gasteiger partial charge on any atom is 0.131 e. The maximum absolute atomic E-state index is 6.06. The second-order valence-electron chi connectivity index (χ2n) is 4.83. The van der Waals surface area contributed by atoms with E-state index in [0.717, 1.165) is 11.5 Å². The lowest BCUT2D eigenvalue weighted by atomic mass is 9.92. The lowest BCUT2D eigenvalue weighted by Crippen LogP contribution is -2.16. The zero-order valence-electron chi connectivity index (χ0n) is 9.43. The highest BCUT2D eigenvalue weighted by Crippen LogP contribution is 2.27. The van der Waals surface area contributed by atoms with Gasteiger partial charge in [-0.15, -0.1) is 0 Å². The second-order valence-corrected chi connectivity index (χ2v) is 5.24. The minimum absolute atomic E-state index is 0.0241.